The van der Waals surface area contributed by atoms with Gasteiger partial charge in [-0.3, -0.25) is 9.69 Å². The number of carbonyl (C=O) groups is 1. The molecule has 26 heavy (non-hydrogen) atoms. The molecule has 3 rings (SSSR count). The SMILES string of the molecule is CC(C)[C@H](C)Nc1ccc(C(=O)N2CCC(N3CCOCC3)CC2)cn1. The Hall–Kier alpha value is -1.66. The summed E-state index contributed by atoms with van der Waals surface area (Å²) in [7, 11) is 0. The minimum absolute atomic E-state index is 0.0985. The number of nitrogens with zero attached hydrogens (tertiary/aromatic N) is 3. The number of piperidine rings is 1. The molecule has 1 amide bonds. The number of rotatable bonds is 5. The molecule has 1 aromatic heterocycles. The summed E-state index contributed by atoms with van der Waals surface area (Å²) in [6, 6.07) is 4.74. The number of aromatic nitrogens is 1. The number of carbonyl (C=O) groups excluding carboxylic acids is 1. The summed E-state index contributed by atoms with van der Waals surface area (Å²) < 4.78 is 5.44. The Labute approximate surface area is 156 Å². The molecule has 6 heteroatoms. The lowest BCUT2D eigenvalue weighted by Crippen LogP contribution is -2.50. The fraction of sp³-hybridized carbons (Fsp3) is 0.700. The van der Waals surface area contributed by atoms with Crippen LogP contribution in [0.1, 0.15) is 44.0 Å². The summed E-state index contributed by atoms with van der Waals surface area (Å²) in [5, 5.41) is 3.38. The normalized spacial score (nSPS) is 21.0. The summed E-state index contributed by atoms with van der Waals surface area (Å²) in [5.41, 5.74) is 0.678. The number of likely N-dealkylation sites (tertiary alicyclic amines) is 1. The Morgan fingerprint density at radius 1 is 1.15 bits per heavy atom. The molecule has 2 aliphatic rings. The first-order valence-corrected chi connectivity index (χ1v) is 9.88. The highest BCUT2D eigenvalue weighted by Crippen LogP contribution is 2.20. The molecule has 3 heterocycles. The third kappa shape index (κ3) is 4.74. The monoisotopic (exact) mass is 360 g/mol. The van der Waals surface area contributed by atoms with E-state index in [-0.39, 0.29) is 5.91 Å². The lowest BCUT2D eigenvalue weighted by atomic mass is 10.0. The summed E-state index contributed by atoms with van der Waals surface area (Å²) >= 11 is 0. The van der Waals surface area contributed by atoms with Gasteiger partial charge in [0.15, 0.2) is 0 Å². The third-order valence-corrected chi connectivity index (χ3v) is 5.70. The van der Waals surface area contributed by atoms with Crippen molar-refractivity contribution in [1.29, 1.82) is 0 Å². The molecule has 0 spiro atoms. The molecule has 0 aliphatic carbocycles. The third-order valence-electron chi connectivity index (χ3n) is 5.70. The Kier molecular flexibility index (Phi) is 6.48. The molecule has 2 aliphatic heterocycles. The molecule has 0 bridgehead atoms. The number of hydrogen-bond donors (Lipinski definition) is 1. The zero-order chi connectivity index (χ0) is 18.5. The zero-order valence-electron chi connectivity index (χ0n) is 16.3. The second-order valence-corrected chi connectivity index (χ2v) is 7.78. The van der Waals surface area contributed by atoms with Crippen molar-refractivity contribution in [3.05, 3.63) is 23.9 Å². The second-order valence-electron chi connectivity index (χ2n) is 7.78. The molecule has 0 radical (unpaired) electrons. The van der Waals surface area contributed by atoms with Crippen molar-refractivity contribution in [2.24, 2.45) is 5.92 Å². The van der Waals surface area contributed by atoms with E-state index in [0.29, 0.717) is 23.6 Å². The van der Waals surface area contributed by atoms with Crippen LogP contribution in [0.3, 0.4) is 0 Å². The first-order chi connectivity index (χ1) is 12.5. The number of morpholine rings is 1. The Morgan fingerprint density at radius 2 is 1.85 bits per heavy atom. The molecule has 0 unspecified atom stereocenters. The van der Waals surface area contributed by atoms with Crippen molar-refractivity contribution in [1.82, 2.24) is 14.8 Å². The highest BCUT2D eigenvalue weighted by Gasteiger charge is 2.28. The summed E-state index contributed by atoms with van der Waals surface area (Å²) in [6.45, 7) is 11.9. The van der Waals surface area contributed by atoms with Crippen LogP contribution in [0.25, 0.3) is 0 Å². The highest BCUT2D eigenvalue weighted by atomic mass is 16.5. The standard InChI is InChI=1S/C20H32N4O2/c1-15(2)16(3)22-19-5-4-17(14-21-19)20(25)24-8-6-18(7-9-24)23-10-12-26-13-11-23/h4-5,14-16,18H,6-13H2,1-3H3,(H,21,22)/t16-/m0/s1. The van der Waals surface area contributed by atoms with Crippen molar-refractivity contribution in [3.8, 4) is 0 Å². The number of anilines is 1. The smallest absolute Gasteiger partial charge is 0.255 e. The van der Waals surface area contributed by atoms with Crippen LogP contribution in [0.4, 0.5) is 5.82 Å². The van der Waals surface area contributed by atoms with Crippen molar-refractivity contribution >= 4 is 11.7 Å². The van der Waals surface area contributed by atoms with Gasteiger partial charge >= 0.3 is 0 Å². The van der Waals surface area contributed by atoms with Crippen molar-refractivity contribution < 1.29 is 9.53 Å². The van der Waals surface area contributed by atoms with E-state index in [1.165, 1.54) is 0 Å². The van der Waals surface area contributed by atoms with Gasteiger partial charge < -0.3 is 15.0 Å². The lowest BCUT2D eigenvalue weighted by molar-refractivity contribution is 0.00158. The molecular formula is C20H32N4O2. The van der Waals surface area contributed by atoms with Crippen molar-refractivity contribution in [2.75, 3.05) is 44.7 Å². The van der Waals surface area contributed by atoms with E-state index in [9.17, 15) is 4.79 Å². The number of hydrogen-bond acceptors (Lipinski definition) is 5. The van der Waals surface area contributed by atoms with Gasteiger partial charge in [0.2, 0.25) is 0 Å². The minimum Gasteiger partial charge on any atom is -0.379 e. The van der Waals surface area contributed by atoms with Gasteiger partial charge in [0, 0.05) is 44.5 Å². The van der Waals surface area contributed by atoms with Gasteiger partial charge in [0.1, 0.15) is 5.82 Å². The predicted molar refractivity (Wildman–Crippen MR) is 103 cm³/mol. The molecule has 2 saturated heterocycles. The van der Waals surface area contributed by atoms with E-state index in [2.05, 4.69) is 36.0 Å². The quantitative estimate of drug-likeness (QED) is 0.874. The van der Waals surface area contributed by atoms with Crippen LogP contribution >= 0.6 is 0 Å². The molecule has 2 fully saturated rings. The lowest BCUT2D eigenvalue weighted by Gasteiger charge is -2.40. The van der Waals surface area contributed by atoms with E-state index in [1.807, 2.05) is 17.0 Å². The second kappa shape index (κ2) is 8.82. The van der Waals surface area contributed by atoms with E-state index < -0.39 is 0 Å². The Balaban J connectivity index is 1.51. The van der Waals surface area contributed by atoms with Crippen LogP contribution in [0.2, 0.25) is 0 Å². The van der Waals surface area contributed by atoms with Gasteiger partial charge in [-0.15, -0.1) is 0 Å². The van der Waals surface area contributed by atoms with E-state index in [4.69, 9.17) is 4.74 Å². The summed E-state index contributed by atoms with van der Waals surface area (Å²) in [5.74, 6) is 1.46. The van der Waals surface area contributed by atoms with Crippen LogP contribution in [-0.4, -0.2) is 72.2 Å². The number of ether oxygens (including phenoxy) is 1. The summed E-state index contributed by atoms with van der Waals surface area (Å²) in [6.07, 6.45) is 3.79. The highest BCUT2D eigenvalue weighted by molar-refractivity contribution is 5.94. The number of pyridine rings is 1. The molecular weight excluding hydrogens is 328 g/mol. The van der Waals surface area contributed by atoms with Crippen LogP contribution in [0.5, 0.6) is 0 Å². The van der Waals surface area contributed by atoms with E-state index >= 15 is 0 Å². The van der Waals surface area contributed by atoms with Crippen LogP contribution in [0, 0.1) is 5.92 Å². The number of amides is 1. The topological polar surface area (TPSA) is 57.7 Å². The molecule has 144 valence electrons. The van der Waals surface area contributed by atoms with E-state index in [0.717, 1.165) is 58.1 Å². The van der Waals surface area contributed by atoms with Gasteiger partial charge in [-0.1, -0.05) is 13.8 Å². The van der Waals surface area contributed by atoms with Crippen LogP contribution in [0.15, 0.2) is 18.3 Å². The predicted octanol–water partition coefficient (Wildman–Crippen LogP) is 2.47. The minimum atomic E-state index is 0.0985. The molecule has 0 saturated carbocycles. The first-order valence-electron chi connectivity index (χ1n) is 9.88. The van der Waals surface area contributed by atoms with Crippen LogP contribution in [-0.2, 0) is 4.74 Å². The maximum absolute atomic E-state index is 12.8. The summed E-state index contributed by atoms with van der Waals surface area (Å²) in [4.78, 5) is 21.7. The number of nitrogens with one attached hydrogen (secondary N) is 1. The Bertz CT molecular complexity index is 576. The van der Waals surface area contributed by atoms with E-state index in [1.54, 1.807) is 6.20 Å². The van der Waals surface area contributed by atoms with Gasteiger partial charge in [-0.25, -0.2) is 4.98 Å². The van der Waals surface area contributed by atoms with Crippen molar-refractivity contribution in [2.45, 2.75) is 45.7 Å². The van der Waals surface area contributed by atoms with Gasteiger partial charge in [0.25, 0.3) is 5.91 Å². The first kappa shape index (κ1) is 19.1. The maximum Gasteiger partial charge on any atom is 0.255 e. The van der Waals surface area contributed by atoms with Gasteiger partial charge in [0.05, 0.1) is 18.8 Å². The fourth-order valence-electron chi connectivity index (χ4n) is 3.56. The Morgan fingerprint density at radius 3 is 2.42 bits per heavy atom. The average molecular weight is 361 g/mol. The zero-order valence-corrected chi connectivity index (χ0v) is 16.3. The fourth-order valence-corrected chi connectivity index (χ4v) is 3.56. The average Bonchev–Trinajstić information content (AvgIpc) is 2.69. The molecule has 1 atom stereocenters. The van der Waals surface area contributed by atoms with Crippen molar-refractivity contribution in [3.63, 3.8) is 0 Å². The van der Waals surface area contributed by atoms with Crippen LogP contribution < -0.4 is 5.32 Å². The molecule has 1 N–H and O–H groups in total. The largest absolute Gasteiger partial charge is 0.379 e. The molecule has 6 nitrogen and oxygen atoms in total. The van der Waals surface area contributed by atoms with Gasteiger partial charge in [-0.05, 0) is 37.8 Å². The van der Waals surface area contributed by atoms with Gasteiger partial charge in [-0.2, -0.15) is 0 Å². The molecule has 1 aromatic rings. The maximum atomic E-state index is 12.8. The molecule has 0 aromatic carbocycles.